The third-order valence-electron chi connectivity index (χ3n) is 20.5. The van der Waals surface area contributed by atoms with Gasteiger partial charge in [-0.05, 0) is 49.4 Å². The number of aliphatic hydroxyl groups excluding tert-OH is 1. The van der Waals surface area contributed by atoms with Crippen molar-refractivity contribution in [3.8, 4) is 0 Å². The van der Waals surface area contributed by atoms with E-state index in [-0.39, 0.29) is 25.7 Å². The van der Waals surface area contributed by atoms with Crippen LogP contribution < -0.4 is 0 Å². The number of ether oxygens (including phenoxy) is 4. The highest BCUT2D eigenvalue weighted by atomic mass is 31.2. The Morgan fingerprint density at radius 2 is 0.462 bits per heavy atom. The van der Waals surface area contributed by atoms with Crippen molar-refractivity contribution in [2.24, 2.45) is 23.7 Å². The van der Waals surface area contributed by atoms with E-state index in [2.05, 4.69) is 55.4 Å². The first-order valence-electron chi connectivity index (χ1n) is 43.8. The third-order valence-corrected chi connectivity index (χ3v) is 22.4. The van der Waals surface area contributed by atoms with Crippen molar-refractivity contribution in [1.29, 1.82) is 0 Å². The van der Waals surface area contributed by atoms with Gasteiger partial charge < -0.3 is 33.8 Å². The van der Waals surface area contributed by atoms with Gasteiger partial charge in [0.2, 0.25) is 0 Å². The molecule has 0 fully saturated rings. The van der Waals surface area contributed by atoms with Crippen molar-refractivity contribution in [2.45, 2.75) is 459 Å². The zero-order valence-corrected chi connectivity index (χ0v) is 70.5. The summed E-state index contributed by atoms with van der Waals surface area (Å²) in [7, 11) is -9.93. The van der Waals surface area contributed by atoms with Crippen LogP contribution in [0, 0.1) is 23.7 Å². The van der Waals surface area contributed by atoms with Crippen LogP contribution in [0.2, 0.25) is 0 Å². The number of phosphoric ester groups is 2. The second-order valence-electron chi connectivity index (χ2n) is 32.0. The van der Waals surface area contributed by atoms with Crippen molar-refractivity contribution in [3.63, 3.8) is 0 Å². The quantitative estimate of drug-likeness (QED) is 0.0222. The number of phosphoric acid groups is 2. The van der Waals surface area contributed by atoms with Gasteiger partial charge in [-0.1, -0.05) is 389 Å². The molecular formula is C85H166O17P2. The SMILES string of the molecule is CCC(C)CCCCCCCCCCCCCCCCC(=O)OC[C@H](COP(=O)(O)OCC(O)COP(=O)(O)OC[C@@H](COC(=O)CCCCCCCCCC(C)C)OC(=O)CCCCCCCCCCCCCCCCCC(C)C)OC(=O)CCCCCCCCCCCCCCCCC(C)CC. The van der Waals surface area contributed by atoms with Gasteiger partial charge in [0.25, 0.3) is 0 Å². The maximum absolute atomic E-state index is 13.1. The first-order valence-corrected chi connectivity index (χ1v) is 46.8. The molecule has 0 amide bonds. The highest BCUT2D eigenvalue weighted by molar-refractivity contribution is 7.47. The van der Waals surface area contributed by atoms with E-state index in [9.17, 15) is 43.2 Å². The molecule has 0 aliphatic heterocycles. The first kappa shape index (κ1) is 102. The fourth-order valence-electron chi connectivity index (χ4n) is 13.1. The molecule has 0 aliphatic rings. The van der Waals surface area contributed by atoms with Gasteiger partial charge in [0.1, 0.15) is 19.3 Å². The number of hydrogen-bond acceptors (Lipinski definition) is 15. The molecule has 104 heavy (non-hydrogen) atoms. The molecule has 0 aliphatic carbocycles. The molecule has 19 heteroatoms. The molecule has 17 nitrogen and oxygen atoms in total. The Morgan fingerprint density at radius 1 is 0.269 bits per heavy atom. The van der Waals surface area contributed by atoms with Gasteiger partial charge in [-0.3, -0.25) is 37.3 Å². The van der Waals surface area contributed by atoms with Crippen molar-refractivity contribution in [2.75, 3.05) is 39.6 Å². The molecule has 0 saturated carbocycles. The van der Waals surface area contributed by atoms with Crippen molar-refractivity contribution in [3.05, 3.63) is 0 Å². The van der Waals surface area contributed by atoms with Gasteiger partial charge in [0.15, 0.2) is 12.2 Å². The lowest BCUT2D eigenvalue weighted by atomic mass is 9.99. The average molecular weight is 1520 g/mol. The zero-order valence-electron chi connectivity index (χ0n) is 68.7. The number of rotatable bonds is 82. The lowest BCUT2D eigenvalue weighted by Crippen LogP contribution is -2.30. The van der Waals surface area contributed by atoms with Crippen LogP contribution >= 0.6 is 15.6 Å². The lowest BCUT2D eigenvalue weighted by molar-refractivity contribution is -0.161. The van der Waals surface area contributed by atoms with Gasteiger partial charge >= 0.3 is 39.5 Å². The Morgan fingerprint density at radius 3 is 0.683 bits per heavy atom. The van der Waals surface area contributed by atoms with E-state index in [0.29, 0.717) is 31.6 Å². The number of carbonyl (C=O) groups excluding carboxylic acids is 4. The molecular weight excluding hydrogens is 1350 g/mol. The highest BCUT2D eigenvalue weighted by Crippen LogP contribution is 2.45. The van der Waals surface area contributed by atoms with Crippen LogP contribution in [0.25, 0.3) is 0 Å². The predicted molar refractivity (Wildman–Crippen MR) is 428 cm³/mol. The van der Waals surface area contributed by atoms with E-state index in [0.717, 1.165) is 114 Å². The van der Waals surface area contributed by atoms with Crippen molar-refractivity contribution in [1.82, 2.24) is 0 Å². The Labute approximate surface area is 638 Å². The summed E-state index contributed by atoms with van der Waals surface area (Å²) in [6, 6.07) is 0. The molecule has 0 aromatic carbocycles. The summed E-state index contributed by atoms with van der Waals surface area (Å²) in [6.07, 6.45) is 62.4. The molecule has 0 aromatic rings. The number of aliphatic hydroxyl groups is 1. The van der Waals surface area contributed by atoms with Crippen LogP contribution in [0.4, 0.5) is 0 Å². The molecule has 5 unspecified atom stereocenters. The van der Waals surface area contributed by atoms with Crippen LogP contribution in [-0.2, 0) is 65.4 Å². The minimum atomic E-state index is -4.97. The normalized spacial score (nSPS) is 14.5. The molecule has 0 bridgehead atoms. The third kappa shape index (κ3) is 75.5. The van der Waals surface area contributed by atoms with Gasteiger partial charge in [-0.25, -0.2) is 9.13 Å². The Bertz CT molecular complexity index is 2030. The number of carbonyl (C=O) groups is 4. The van der Waals surface area contributed by atoms with Crippen LogP contribution in [0.5, 0.6) is 0 Å². The van der Waals surface area contributed by atoms with E-state index in [4.69, 9.17) is 37.0 Å². The summed E-state index contributed by atoms with van der Waals surface area (Å²) in [6.45, 7) is 14.4. The van der Waals surface area contributed by atoms with Gasteiger partial charge in [0.05, 0.1) is 26.4 Å². The number of hydrogen-bond donors (Lipinski definition) is 3. The molecule has 0 heterocycles. The first-order chi connectivity index (χ1) is 50.2. The van der Waals surface area contributed by atoms with Crippen LogP contribution in [-0.4, -0.2) is 96.7 Å². The average Bonchev–Trinajstić information content (AvgIpc) is 0.920. The minimum absolute atomic E-state index is 0.107. The summed E-state index contributed by atoms with van der Waals surface area (Å²) in [5.41, 5.74) is 0. The summed E-state index contributed by atoms with van der Waals surface area (Å²) >= 11 is 0. The summed E-state index contributed by atoms with van der Waals surface area (Å²) < 4.78 is 68.9. The minimum Gasteiger partial charge on any atom is -0.462 e. The fourth-order valence-corrected chi connectivity index (χ4v) is 14.7. The van der Waals surface area contributed by atoms with Crippen molar-refractivity contribution < 1.29 is 80.2 Å². The molecule has 3 N–H and O–H groups in total. The molecule has 0 spiro atoms. The topological polar surface area (TPSA) is 237 Å². The molecule has 0 saturated heterocycles. The number of esters is 4. The van der Waals surface area contributed by atoms with Crippen LogP contribution in [0.1, 0.15) is 441 Å². The maximum atomic E-state index is 13.1. The molecule has 0 aromatic heterocycles. The number of unbranched alkanes of at least 4 members (excludes halogenated alkanes) is 46. The van der Waals surface area contributed by atoms with E-state index in [1.54, 1.807) is 0 Å². The van der Waals surface area contributed by atoms with Crippen LogP contribution in [0.3, 0.4) is 0 Å². The molecule has 7 atom stereocenters. The smallest absolute Gasteiger partial charge is 0.462 e. The lowest BCUT2D eigenvalue weighted by Gasteiger charge is -2.21. The van der Waals surface area contributed by atoms with E-state index in [1.165, 1.54) is 238 Å². The van der Waals surface area contributed by atoms with Gasteiger partial charge in [-0.2, -0.15) is 0 Å². The Balaban J connectivity index is 5.24. The second-order valence-corrected chi connectivity index (χ2v) is 34.9. The standard InChI is InChI=1S/C85H166O17P2/c1-9-77(7)63-55-47-39-31-25-19-14-16-21-27-33-41-49-57-65-82(87)95-71-80(101-84(89)68-60-52-43-35-29-23-17-15-20-26-32-40-48-56-64-78(8)10-2)73-99-103(91,92)97-69-79(86)70-98-104(93,94)100-74-81(72-96-83(88)66-58-50-44-36-38-46-54-62-76(5)6)102-85(90)67-59-51-42-34-28-22-13-11-12-18-24-30-37-45-53-61-75(3)4/h75-81,86H,9-74H2,1-8H3,(H,91,92)(H,93,94)/t77?,78?,79?,80-,81-/m1/s1. The monoisotopic (exact) mass is 1520 g/mol. The fraction of sp³-hybridized carbons (Fsp3) is 0.953. The second kappa shape index (κ2) is 73.8. The van der Waals surface area contributed by atoms with Crippen molar-refractivity contribution >= 4 is 39.5 Å². The largest absolute Gasteiger partial charge is 0.472 e. The Hall–Kier alpha value is -1.94. The predicted octanol–water partition coefficient (Wildman–Crippen LogP) is 25.6. The maximum Gasteiger partial charge on any atom is 0.472 e. The highest BCUT2D eigenvalue weighted by Gasteiger charge is 2.30. The van der Waals surface area contributed by atoms with E-state index in [1.807, 2.05) is 0 Å². The molecule has 618 valence electrons. The van der Waals surface area contributed by atoms with E-state index >= 15 is 0 Å². The van der Waals surface area contributed by atoms with Crippen LogP contribution in [0.15, 0.2) is 0 Å². The van der Waals surface area contributed by atoms with E-state index < -0.39 is 97.5 Å². The summed E-state index contributed by atoms with van der Waals surface area (Å²) in [5, 5.41) is 10.7. The molecule has 0 radical (unpaired) electrons. The van der Waals surface area contributed by atoms with Gasteiger partial charge in [-0.15, -0.1) is 0 Å². The zero-order chi connectivity index (χ0) is 76.7. The summed E-state index contributed by atoms with van der Waals surface area (Å²) in [5.74, 6) is 1.09. The van der Waals surface area contributed by atoms with Gasteiger partial charge in [0, 0.05) is 25.7 Å². The Kier molecular flexibility index (Phi) is 72.5. The molecule has 0 rings (SSSR count). The summed E-state index contributed by atoms with van der Waals surface area (Å²) in [4.78, 5) is 73.2.